The molecular weight excluding hydrogens is 266 g/mol. The van der Waals surface area contributed by atoms with Crippen molar-refractivity contribution in [3.63, 3.8) is 0 Å². The molecule has 0 aliphatic heterocycles. The second-order valence-corrected chi connectivity index (χ2v) is 7.29. The maximum Gasteiger partial charge on any atom is 0.356 e. The number of imidazole rings is 1. The van der Waals surface area contributed by atoms with Crippen LogP contribution in [0.15, 0.2) is 24.4 Å². The molecule has 0 aliphatic carbocycles. The van der Waals surface area contributed by atoms with E-state index in [1.807, 2.05) is 6.07 Å². The smallest absolute Gasteiger partial charge is 0.356 e. The van der Waals surface area contributed by atoms with Crippen LogP contribution in [0.1, 0.15) is 51.5 Å². The molecule has 5 nitrogen and oxygen atoms in total. The van der Waals surface area contributed by atoms with Gasteiger partial charge in [-0.25, -0.2) is 9.78 Å². The Bertz CT molecular complexity index is 666. The maximum atomic E-state index is 11.6. The Kier molecular flexibility index (Phi) is 3.70. The summed E-state index contributed by atoms with van der Waals surface area (Å²) < 4.78 is 1.60. The zero-order valence-corrected chi connectivity index (χ0v) is 13.3. The van der Waals surface area contributed by atoms with Crippen molar-refractivity contribution in [3.05, 3.63) is 30.1 Å². The van der Waals surface area contributed by atoms with Gasteiger partial charge in [0.25, 0.3) is 0 Å². The van der Waals surface area contributed by atoms with E-state index in [9.17, 15) is 9.90 Å². The molecule has 5 heteroatoms. The summed E-state index contributed by atoms with van der Waals surface area (Å²) >= 11 is 0. The molecule has 0 saturated heterocycles. The molecule has 2 aromatic rings. The zero-order valence-electron chi connectivity index (χ0n) is 13.3. The van der Waals surface area contributed by atoms with E-state index in [4.69, 9.17) is 0 Å². The number of pyridine rings is 1. The minimum absolute atomic E-state index is 0.138. The first-order valence-electron chi connectivity index (χ1n) is 7.08. The van der Waals surface area contributed by atoms with E-state index in [1.54, 1.807) is 22.7 Å². The summed E-state index contributed by atoms with van der Waals surface area (Å²) in [5.74, 6) is -0.564. The number of anilines is 1. The highest BCUT2D eigenvalue weighted by Gasteiger charge is 2.28. The average molecular weight is 289 g/mol. The highest BCUT2D eigenvalue weighted by atomic mass is 16.4. The van der Waals surface area contributed by atoms with Crippen LogP contribution in [0.4, 0.5) is 5.82 Å². The number of fused-ring (bicyclic) bond motifs is 1. The molecule has 2 N–H and O–H groups in total. The molecule has 0 unspecified atom stereocenters. The highest BCUT2D eigenvalue weighted by molar-refractivity contribution is 5.93. The Morgan fingerprint density at radius 3 is 2.52 bits per heavy atom. The Morgan fingerprint density at radius 2 is 1.95 bits per heavy atom. The van der Waals surface area contributed by atoms with Gasteiger partial charge in [-0.15, -0.1) is 0 Å². The number of aromatic nitrogens is 2. The van der Waals surface area contributed by atoms with Gasteiger partial charge in [0, 0.05) is 11.7 Å². The third-order valence-electron chi connectivity index (χ3n) is 3.16. The predicted octanol–water partition coefficient (Wildman–Crippen LogP) is 3.66. The zero-order chi connectivity index (χ0) is 15.8. The van der Waals surface area contributed by atoms with Gasteiger partial charge in [-0.3, -0.25) is 4.40 Å². The Hall–Kier alpha value is -2.04. The van der Waals surface area contributed by atoms with Gasteiger partial charge in [-0.1, -0.05) is 26.8 Å². The summed E-state index contributed by atoms with van der Waals surface area (Å²) in [6.07, 6.45) is 2.61. The fourth-order valence-corrected chi connectivity index (χ4v) is 2.98. The first-order valence-corrected chi connectivity index (χ1v) is 7.08. The van der Waals surface area contributed by atoms with E-state index in [-0.39, 0.29) is 16.6 Å². The predicted molar refractivity (Wildman–Crippen MR) is 83.9 cm³/mol. The minimum Gasteiger partial charge on any atom is -0.476 e. The Balaban J connectivity index is 2.42. The van der Waals surface area contributed by atoms with Gasteiger partial charge in [0.2, 0.25) is 0 Å². The Morgan fingerprint density at radius 1 is 1.29 bits per heavy atom. The number of carbonyl (C=O) groups is 1. The van der Waals surface area contributed by atoms with E-state index in [0.29, 0.717) is 11.5 Å². The molecule has 2 aromatic heterocycles. The molecule has 21 heavy (non-hydrogen) atoms. The standard InChI is InChI=1S/C16H23N3O2/c1-15(2,3)10-16(4,5)18-13-12(14(20)21)19-9-7-6-8-11(19)17-13/h6-9,18H,10H2,1-5H3,(H,20,21). The highest BCUT2D eigenvalue weighted by Crippen LogP contribution is 2.30. The average Bonchev–Trinajstić information content (AvgIpc) is 2.61. The fraction of sp³-hybridized carbons (Fsp3) is 0.500. The van der Waals surface area contributed by atoms with Crippen LogP contribution >= 0.6 is 0 Å². The van der Waals surface area contributed by atoms with Gasteiger partial charge in [-0.05, 0) is 37.8 Å². The third-order valence-corrected chi connectivity index (χ3v) is 3.16. The van der Waals surface area contributed by atoms with Crippen molar-refractivity contribution in [1.29, 1.82) is 0 Å². The molecule has 0 bridgehead atoms. The number of carboxylic acids is 1. The number of hydrogen-bond donors (Lipinski definition) is 2. The quantitative estimate of drug-likeness (QED) is 0.901. The lowest BCUT2D eigenvalue weighted by Gasteiger charge is -2.33. The van der Waals surface area contributed by atoms with Crippen molar-refractivity contribution in [3.8, 4) is 0 Å². The number of rotatable bonds is 4. The molecule has 114 valence electrons. The van der Waals surface area contributed by atoms with Crippen molar-refractivity contribution in [2.24, 2.45) is 5.41 Å². The van der Waals surface area contributed by atoms with Crippen LogP contribution < -0.4 is 5.32 Å². The second-order valence-electron chi connectivity index (χ2n) is 7.29. The molecular formula is C16H23N3O2. The molecule has 2 heterocycles. The van der Waals surface area contributed by atoms with Crippen molar-refractivity contribution >= 4 is 17.4 Å². The summed E-state index contributed by atoms with van der Waals surface area (Å²) in [7, 11) is 0. The van der Waals surface area contributed by atoms with Crippen LogP contribution in [0.2, 0.25) is 0 Å². The molecule has 0 aliphatic rings. The van der Waals surface area contributed by atoms with E-state index in [2.05, 4.69) is 44.9 Å². The number of aromatic carboxylic acids is 1. The van der Waals surface area contributed by atoms with E-state index >= 15 is 0 Å². The fourth-order valence-electron chi connectivity index (χ4n) is 2.98. The number of hydrogen-bond acceptors (Lipinski definition) is 3. The van der Waals surface area contributed by atoms with Crippen LogP contribution in [-0.4, -0.2) is 26.0 Å². The lowest BCUT2D eigenvalue weighted by atomic mass is 9.82. The molecule has 2 rings (SSSR count). The van der Waals surface area contributed by atoms with Gasteiger partial charge in [0.1, 0.15) is 5.65 Å². The first kappa shape index (κ1) is 15.4. The maximum absolute atomic E-state index is 11.6. The summed E-state index contributed by atoms with van der Waals surface area (Å²) in [6, 6.07) is 5.44. The van der Waals surface area contributed by atoms with Gasteiger partial charge in [-0.2, -0.15) is 0 Å². The van der Waals surface area contributed by atoms with Crippen molar-refractivity contribution < 1.29 is 9.90 Å². The van der Waals surface area contributed by atoms with E-state index in [0.717, 1.165) is 6.42 Å². The topological polar surface area (TPSA) is 66.6 Å². The molecule has 0 atom stereocenters. The van der Waals surface area contributed by atoms with Gasteiger partial charge in [0.15, 0.2) is 11.5 Å². The largest absolute Gasteiger partial charge is 0.476 e. The van der Waals surface area contributed by atoms with Gasteiger partial charge < -0.3 is 10.4 Å². The van der Waals surface area contributed by atoms with Crippen molar-refractivity contribution in [1.82, 2.24) is 9.38 Å². The van der Waals surface area contributed by atoms with Gasteiger partial charge >= 0.3 is 5.97 Å². The number of nitrogens with zero attached hydrogens (tertiary/aromatic N) is 2. The number of nitrogens with one attached hydrogen (secondary N) is 1. The molecule has 0 saturated carbocycles. The van der Waals surface area contributed by atoms with Crippen LogP contribution in [0.25, 0.3) is 5.65 Å². The van der Waals surface area contributed by atoms with Crippen LogP contribution in [-0.2, 0) is 0 Å². The molecule has 0 aromatic carbocycles. The molecule has 0 amide bonds. The van der Waals surface area contributed by atoms with Crippen molar-refractivity contribution in [2.45, 2.75) is 46.6 Å². The number of carboxylic acid groups (broad SMARTS) is 1. The monoisotopic (exact) mass is 289 g/mol. The SMILES string of the molecule is CC(C)(C)CC(C)(C)Nc1nc2ccccn2c1C(=O)O. The van der Waals surface area contributed by atoms with Gasteiger partial charge in [0.05, 0.1) is 0 Å². The Labute approximate surface area is 125 Å². The molecule has 0 spiro atoms. The summed E-state index contributed by atoms with van der Waals surface area (Å²) in [5.41, 5.74) is 0.691. The lowest BCUT2D eigenvalue weighted by Crippen LogP contribution is -2.36. The first-order chi connectivity index (χ1) is 9.59. The normalized spacial score (nSPS) is 12.6. The lowest BCUT2D eigenvalue weighted by molar-refractivity contribution is 0.0690. The minimum atomic E-state index is -0.984. The molecule has 0 radical (unpaired) electrons. The van der Waals surface area contributed by atoms with Crippen LogP contribution in [0.5, 0.6) is 0 Å². The van der Waals surface area contributed by atoms with E-state index < -0.39 is 5.97 Å². The van der Waals surface area contributed by atoms with Crippen LogP contribution in [0, 0.1) is 5.41 Å². The van der Waals surface area contributed by atoms with Crippen LogP contribution in [0.3, 0.4) is 0 Å². The summed E-state index contributed by atoms with van der Waals surface area (Å²) in [4.78, 5) is 16.0. The van der Waals surface area contributed by atoms with E-state index in [1.165, 1.54) is 0 Å². The molecule has 0 fully saturated rings. The second kappa shape index (κ2) is 5.06. The summed E-state index contributed by atoms with van der Waals surface area (Å²) in [6.45, 7) is 10.6. The summed E-state index contributed by atoms with van der Waals surface area (Å²) in [5, 5.41) is 12.8. The van der Waals surface area contributed by atoms with Crippen molar-refractivity contribution in [2.75, 3.05) is 5.32 Å². The third kappa shape index (κ3) is 3.54.